The van der Waals surface area contributed by atoms with Crippen LogP contribution in [-0.2, 0) is 26.2 Å². The standard InChI is InChI=1S/C19H22ClNO5S/c1-19(2,26-16-10-8-15(20)9-11-16)18(22)25-13-14-6-5-7-17(12-14)27(23,24)21(3)4/h5-12H,13H2,1-4H3. The van der Waals surface area contributed by atoms with E-state index in [0.29, 0.717) is 16.3 Å². The molecule has 2 aromatic carbocycles. The highest BCUT2D eigenvalue weighted by Gasteiger charge is 2.32. The van der Waals surface area contributed by atoms with E-state index in [1.807, 2.05) is 0 Å². The Balaban J connectivity index is 2.05. The van der Waals surface area contributed by atoms with Gasteiger partial charge in [-0.2, -0.15) is 0 Å². The minimum Gasteiger partial charge on any atom is -0.476 e. The average molecular weight is 412 g/mol. The molecule has 27 heavy (non-hydrogen) atoms. The van der Waals surface area contributed by atoms with Crippen LogP contribution in [0.3, 0.4) is 0 Å². The van der Waals surface area contributed by atoms with Crippen LogP contribution in [0.15, 0.2) is 53.4 Å². The number of sulfonamides is 1. The van der Waals surface area contributed by atoms with Gasteiger partial charge in [-0.15, -0.1) is 0 Å². The van der Waals surface area contributed by atoms with Gasteiger partial charge in [-0.1, -0.05) is 23.7 Å². The van der Waals surface area contributed by atoms with Crippen molar-refractivity contribution in [1.29, 1.82) is 0 Å². The number of carbonyl (C=O) groups excluding carboxylic acids is 1. The minimum atomic E-state index is -3.55. The van der Waals surface area contributed by atoms with Crippen LogP contribution in [0.4, 0.5) is 0 Å². The maximum absolute atomic E-state index is 12.4. The number of nitrogens with zero attached hydrogens (tertiary/aromatic N) is 1. The van der Waals surface area contributed by atoms with Crippen molar-refractivity contribution in [3.8, 4) is 5.75 Å². The lowest BCUT2D eigenvalue weighted by atomic mass is 10.1. The summed E-state index contributed by atoms with van der Waals surface area (Å²) in [6.07, 6.45) is 0. The molecule has 0 aliphatic carbocycles. The van der Waals surface area contributed by atoms with Crippen molar-refractivity contribution in [2.24, 2.45) is 0 Å². The van der Waals surface area contributed by atoms with Crippen LogP contribution in [0, 0.1) is 0 Å². The fourth-order valence-electron chi connectivity index (χ4n) is 2.17. The second kappa shape index (κ2) is 8.29. The lowest BCUT2D eigenvalue weighted by molar-refractivity contribution is -0.160. The van der Waals surface area contributed by atoms with Gasteiger partial charge in [-0.3, -0.25) is 0 Å². The van der Waals surface area contributed by atoms with Gasteiger partial charge in [-0.05, 0) is 55.8 Å². The molecule has 8 heteroatoms. The molecule has 0 aromatic heterocycles. The Bertz CT molecular complexity index is 908. The summed E-state index contributed by atoms with van der Waals surface area (Å²) < 4.78 is 36.5. The summed E-state index contributed by atoms with van der Waals surface area (Å²) in [5.41, 5.74) is -0.658. The quantitative estimate of drug-likeness (QED) is 0.652. The molecule has 0 saturated heterocycles. The maximum Gasteiger partial charge on any atom is 0.350 e. The van der Waals surface area contributed by atoms with Crippen molar-refractivity contribution in [2.75, 3.05) is 14.1 Å². The molecule has 0 N–H and O–H groups in total. The Morgan fingerprint density at radius 2 is 1.74 bits per heavy atom. The highest BCUT2D eigenvalue weighted by atomic mass is 35.5. The summed E-state index contributed by atoms with van der Waals surface area (Å²) in [7, 11) is -0.639. The van der Waals surface area contributed by atoms with Gasteiger partial charge in [0, 0.05) is 19.1 Å². The van der Waals surface area contributed by atoms with E-state index in [9.17, 15) is 13.2 Å². The SMILES string of the molecule is CN(C)S(=O)(=O)c1cccc(COC(=O)C(C)(C)Oc2ccc(Cl)cc2)c1. The molecule has 0 radical (unpaired) electrons. The smallest absolute Gasteiger partial charge is 0.350 e. The molecule has 0 aliphatic rings. The predicted octanol–water partition coefficient (Wildman–Crippen LogP) is 3.49. The molecule has 0 unspecified atom stereocenters. The van der Waals surface area contributed by atoms with Gasteiger partial charge in [0.15, 0.2) is 5.60 Å². The highest BCUT2D eigenvalue weighted by Crippen LogP contribution is 2.22. The van der Waals surface area contributed by atoms with E-state index in [4.69, 9.17) is 21.1 Å². The Kier molecular flexibility index (Phi) is 6.51. The topological polar surface area (TPSA) is 72.9 Å². The zero-order valence-electron chi connectivity index (χ0n) is 15.6. The number of rotatable bonds is 7. The van der Waals surface area contributed by atoms with Crippen molar-refractivity contribution in [3.63, 3.8) is 0 Å². The molecular weight excluding hydrogens is 390 g/mol. The number of hydrogen-bond donors (Lipinski definition) is 0. The third-order valence-corrected chi connectivity index (χ3v) is 5.79. The molecule has 0 bridgehead atoms. The Morgan fingerprint density at radius 3 is 2.33 bits per heavy atom. The van der Waals surface area contributed by atoms with Crippen molar-refractivity contribution in [2.45, 2.75) is 31.0 Å². The van der Waals surface area contributed by atoms with Gasteiger partial charge in [-0.25, -0.2) is 17.5 Å². The van der Waals surface area contributed by atoms with E-state index in [0.717, 1.165) is 4.31 Å². The molecule has 0 spiro atoms. The number of halogens is 1. The number of benzene rings is 2. The van der Waals surface area contributed by atoms with Crippen LogP contribution < -0.4 is 4.74 Å². The lowest BCUT2D eigenvalue weighted by Crippen LogP contribution is -2.39. The van der Waals surface area contributed by atoms with Gasteiger partial charge in [0.05, 0.1) is 4.90 Å². The van der Waals surface area contributed by atoms with Crippen molar-refractivity contribution >= 4 is 27.6 Å². The summed E-state index contributed by atoms with van der Waals surface area (Å²) in [5.74, 6) is -0.0845. The molecule has 0 aliphatic heterocycles. The molecule has 6 nitrogen and oxygen atoms in total. The first-order valence-electron chi connectivity index (χ1n) is 8.15. The molecular formula is C19H22ClNO5S. The van der Waals surface area contributed by atoms with E-state index < -0.39 is 21.6 Å². The van der Waals surface area contributed by atoms with Gasteiger partial charge in [0.1, 0.15) is 12.4 Å². The Hall–Kier alpha value is -2.09. The average Bonchev–Trinajstić information content (AvgIpc) is 2.61. The van der Waals surface area contributed by atoms with Crippen LogP contribution in [0.25, 0.3) is 0 Å². The minimum absolute atomic E-state index is 0.0664. The number of esters is 1. The molecule has 2 aromatic rings. The second-order valence-electron chi connectivity index (χ2n) is 6.58. The summed E-state index contributed by atoms with van der Waals surface area (Å²) in [4.78, 5) is 12.5. The van der Waals surface area contributed by atoms with Crippen LogP contribution in [0.5, 0.6) is 5.75 Å². The third-order valence-electron chi connectivity index (χ3n) is 3.73. The number of ether oxygens (including phenoxy) is 2. The van der Waals surface area contributed by atoms with E-state index in [1.165, 1.54) is 26.2 Å². The predicted molar refractivity (Wildman–Crippen MR) is 103 cm³/mol. The first-order valence-corrected chi connectivity index (χ1v) is 9.97. The monoisotopic (exact) mass is 411 g/mol. The first kappa shape index (κ1) is 21.2. The van der Waals surface area contributed by atoms with Crippen LogP contribution in [0.1, 0.15) is 19.4 Å². The summed E-state index contributed by atoms with van der Waals surface area (Å²) in [6.45, 7) is 3.12. The van der Waals surface area contributed by atoms with Crippen molar-refractivity contribution < 1.29 is 22.7 Å². The van der Waals surface area contributed by atoms with E-state index in [-0.39, 0.29) is 11.5 Å². The summed E-state index contributed by atoms with van der Waals surface area (Å²) >= 11 is 5.83. The molecule has 0 fully saturated rings. The summed E-state index contributed by atoms with van der Waals surface area (Å²) in [5, 5.41) is 0.565. The molecule has 0 saturated carbocycles. The van der Waals surface area contributed by atoms with E-state index in [1.54, 1.807) is 50.2 Å². The summed E-state index contributed by atoms with van der Waals surface area (Å²) in [6, 6.07) is 12.9. The zero-order valence-corrected chi connectivity index (χ0v) is 17.2. The van der Waals surface area contributed by atoms with E-state index >= 15 is 0 Å². The molecule has 0 atom stereocenters. The van der Waals surface area contributed by atoms with Crippen molar-refractivity contribution in [1.82, 2.24) is 4.31 Å². The van der Waals surface area contributed by atoms with Crippen molar-refractivity contribution in [3.05, 3.63) is 59.1 Å². The lowest BCUT2D eigenvalue weighted by Gasteiger charge is -2.24. The highest BCUT2D eigenvalue weighted by molar-refractivity contribution is 7.89. The van der Waals surface area contributed by atoms with Crippen LogP contribution >= 0.6 is 11.6 Å². The Morgan fingerprint density at radius 1 is 1.11 bits per heavy atom. The Labute approximate surface area is 164 Å². The fourth-order valence-corrected chi connectivity index (χ4v) is 3.27. The fraction of sp³-hybridized carbons (Fsp3) is 0.316. The number of hydrogen-bond acceptors (Lipinski definition) is 5. The van der Waals surface area contributed by atoms with Crippen LogP contribution in [0.2, 0.25) is 5.02 Å². The largest absolute Gasteiger partial charge is 0.476 e. The van der Waals surface area contributed by atoms with Gasteiger partial charge < -0.3 is 9.47 Å². The molecule has 0 heterocycles. The second-order valence-corrected chi connectivity index (χ2v) is 9.17. The molecule has 2 rings (SSSR count). The molecule has 0 amide bonds. The van der Waals surface area contributed by atoms with Crippen LogP contribution in [-0.4, -0.2) is 38.4 Å². The molecule has 146 valence electrons. The normalized spacial score (nSPS) is 12.1. The zero-order chi connectivity index (χ0) is 20.2. The first-order chi connectivity index (χ1) is 12.5. The van der Waals surface area contributed by atoms with E-state index in [2.05, 4.69) is 0 Å². The van der Waals surface area contributed by atoms with Gasteiger partial charge in [0.2, 0.25) is 10.0 Å². The number of carbonyl (C=O) groups is 1. The van der Waals surface area contributed by atoms with Gasteiger partial charge in [0.25, 0.3) is 0 Å². The maximum atomic E-state index is 12.4. The van der Waals surface area contributed by atoms with Gasteiger partial charge >= 0.3 is 5.97 Å². The third kappa shape index (κ3) is 5.45.